The molecule has 4 rings (SSSR count). The number of fused-ring (bicyclic) bond motifs is 1. The summed E-state index contributed by atoms with van der Waals surface area (Å²) in [6.45, 7) is 2.22. The van der Waals surface area contributed by atoms with Gasteiger partial charge in [-0.2, -0.15) is 0 Å². The number of rotatable bonds is 7. The van der Waals surface area contributed by atoms with Crippen LogP contribution < -0.4 is 21.0 Å². The van der Waals surface area contributed by atoms with Crippen LogP contribution in [0.15, 0.2) is 69.9 Å². The summed E-state index contributed by atoms with van der Waals surface area (Å²) in [4.78, 5) is 24.6. The molecule has 3 N–H and O–H groups in total. The largest absolute Gasteiger partial charge is 0.508 e. The Hall–Kier alpha value is -4.33. The second-order valence-electron chi connectivity index (χ2n) is 7.65. The number of methoxy groups -OCH3 is 1. The number of benzene rings is 3. The third-order valence-electron chi connectivity index (χ3n) is 5.43. The average Bonchev–Trinajstić information content (AvgIpc) is 2.82. The van der Waals surface area contributed by atoms with E-state index in [9.17, 15) is 19.1 Å². The van der Waals surface area contributed by atoms with Crippen LogP contribution in [0.1, 0.15) is 28.4 Å². The lowest BCUT2D eigenvalue weighted by atomic mass is 10.0. The molecule has 1 amide bonds. The Morgan fingerprint density at radius 3 is 2.65 bits per heavy atom. The van der Waals surface area contributed by atoms with E-state index in [1.807, 2.05) is 13.0 Å². The van der Waals surface area contributed by atoms with Gasteiger partial charge in [-0.1, -0.05) is 13.0 Å². The summed E-state index contributed by atoms with van der Waals surface area (Å²) in [6.07, 6.45) is 0.626. The van der Waals surface area contributed by atoms with E-state index in [2.05, 4.69) is 10.6 Å². The molecule has 0 bridgehead atoms. The molecule has 8 heteroatoms. The molecular formula is C26H23FN2O5. The number of aromatic hydroxyl groups is 1. The molecule has 1 heterocycles. The third-order valence-corrected chi connectivity index (χ3v) is 5.43. The zero-order valence-corrected chi connectivity index (χ0v) is 18.6. The minimum atomic E-state index is -0.522. The first-order chi connectivity index (χ1) is 16.4. The standard InChI is InChI=1S/C26H23FN2O5/c1-3-15-10-20-17(11-25(31)34-24(20)13-22(15)30)14-28-19-7-8-23(33-2)21(12-19)29-26(32)16-5-4-6-18(27)9-16/h4-13,28,30H,3,14H2,1-2H3,(H,29,32). The summed E-state index contributed by atoms with van der Waals surface area (Å²) in [5, 5.41) is 16.8. The highest BCUT2D eigenvalue weighted by Crippen LogP contribution is 2.30. The van der Waals surface area contributed by atoms with Crippen molar-refractivity contribution in [1.29, 1.82) is 0 Å². The molecule has 0 aliphatic carbocycles. The van der Waals surface area contributed by atoms with Crippen molar-refractivity contribution >= 4 is 28.3 Å². The zero-order chi connectivity index (χ0) is 24.2. The molecule has 0 fully saturated rings. The molecule has 174 valence electrons. The van der Waals surface area contributed by atoms with E-state index in [0.717, 1.165) is 17.0 Å². The summed E-state index contributed by atoms with van der Waals surface area (Å²) in [6, 6.07) is 15.2. The SMILES string of the molecule is CCc1cc2c(CNc3ccc(OC)c(NC(=O)c4cccc(F)c4)c3)cc(=O)oc2cc1O. The number of phenolic OH excluding ortho intramolecular Hbond substituents is 1. The number of carbonyl (C=O) groups is 1. The third kappa shape index (κ3) is 4.85. The Labute approximate surface area is 194 Å². The van der Waals surface area contributed by atoms with Gasteiger partial charge in [0.25, 0.3) is 5.91 Å². The zero-order valence-electron chi connectivity index (χ0n) is 18.6. The predicted molar refractivity (Wildman–Crippen MR) is 128 cm³/mol. The summed E-state index contributed by atoms with van der Waals surface area (Å²) in [7, 11) is 1.48. The van der Waals surface area contributed by atoms with Crippen LogP contribution in [-0.4, -0.2) is 18.1 Å². The summed E-state index contributed by atoms with van der Waals surface area (Å²) >= 11 is 0. The van der Waals surface area contributed by atoms with Crippen LogP contribution in [0.4, 0.5) is 15.8 Å². The maximum atomic E-state index is 13.5. The predicted octanol–water partition coefficient (Wildman–Crippen LogP) is 5.07. The number of carbonyl (C=O) groups excluding carboxylic acids is 1. The van der Waals surface area contributed by atoms with Crippen molar-refractivity contribution in [3.05, 3.63) is 93.6 Å². The lowest BCUT2D eigenvalue weighted by Gasteiger charge is -2.14. The highest BCUT2D eigenvalue weighted by Gasteiger charge is 2.13. The van der Waals surface area contributed by atoms with Gasteiger partial charge in [-0.25, -0.2) is 9.18 Å². The topological polar surface area (TPSA) is 101 Å². The molecule has 34 heavy (non-hydrogen) atoms. The number of phenols is 1. The van der Waals surface area contributed by atoms with Crippen LogP contribution >= 0.6 is 0 Å². The maximum Gasteiger partial charge on any atom is 0.336 e. The van der Waals surface area contributed by atoms with E-state index < -0.39 is 17.3 Å². The van der Waals surface area contributed by atoms with E-state index in [1.165, 1.54) is 37.4 Å². The number of amides is 1. The van der Waals surface area contributed by atoms with Gasteiger partial charge in [-0.05, 0) is 60.0 Å². The second kappa shape index (κ2) is 9.66. The van der Waals surface area contributed by atoms with Crippen LogP contribution in [0.2, 0.25) is 0 Å². The number of anilines is 2. The van der Waals surface area contributed by atoms with Gasteiger partial charge < -0.3 is 24.9 Å². The van der Waals surface area contributed by atoms with E-state index in [1.54, 1.807) is 18.2 Å². The number of hydrogen-bond acceptors (Lipinski definition) is 6. The molecule has 1 aromatic heterocycles. The molecule has 4 aromatic rings. The average molecular weight is 462 g/mol. The van der Waals surface area contributed by atoms with Crippen molar-refractivity contribution in [2.45, 2.75) is 19.9 Å². The van der Waals surface area contributed by atoms with Crippen molar-refractivity contribution in [2.75, 3.05) is 17.7 Å². The Bertz CT molecular complexity index is 1430. The minimum Gasteiger partial charge on any atom is -0.508 e. The Morgan fingerprint density at radius 2 is 1.91 bits per heavy atom. The first-order valence-corrected chi connectivity index (χ1v) is 10.7. The Morgan fingerprint density at radius 1 is 1.09 bits per heavy atom. The van der Waals surface area contributed by atoms with Crippen molar-refractivity contribution in [3.63, 3.8) is 0 Å². The van der Waals surface area contributed by atoms with Crippen molar-refractivity contribution in [2.24, 2.45) is 0 Å². The minimum absolute atomic E-state index is 0.0806. The molecule has 0 radical (unpaired) electrons. The van der Waals surface area contributed by atoms with E-state index in [-0.39, 0.29) is 11.3 Å². The van der Waals surface area contributed by atoms with Gasteiger partial charge in [0.1, 0.15) is 22.9 Å². The number of halogens is 1. The van der Waals surface area contributed by atoms with Gasteiger partial charge in [-0.15, -0.1) is 0 Å². The molecule has 0 aliphatic heterocycles. The van der Waals surface area contributed by atoms with Gasteiger partial charge in [0.15, 0.2) is 0 Å². The quantitative estimate of drug-likeness (QED) is 0.332. The van der Waals surface area contributed by atoms with Crippen LogP contribution in [0.3, 0.4) is 0 Å². The summed E-state index contributed by atoms with van der Waals surface area (Å²) in [5.41, 5.74) is 2.46. The fraction of sp³-hybridized carbons (Fsp3) is 0.154. The summed E-state index contributed by atoms with van der Waals surface area (Å²) in [5.74, 6) is -0.469. The smallest absolute Gasteiger partial charge is 0.336 e. The Kier molecular flexibility index (Phi) is 6.49. The molecule has 0 saturated carbocycles. The second-order valence-corrected chi connectivity index (χ2v) is 7.65. The molecule has 0 aliphatic rings. The van der Waals surface area contributed by atoms with Gasteiger partial charge in [0.2, 0.25) is 0 Å². The molecule has 0 spiro atoms. The number of aryl methyl sites for hydroxylation is 1. The van der Waals surface area contributed by atoms with Crippen LogP contribution in [-0.2, 0) is 13.0 Å². The van der Waals surface area contributed by atoms with Gasteiger partial charge in [0, 0.05) is 35.3 Å². The molecule has 3 aromatic carbocycles. The van der Waals surface area contributed by atoms with Crippen LogP contribution in [0, 0.1) is 5.82 Å². The lowest BCUT2D eigenvalue weighted by Crippen LogP contribution is -2.13. The maximum absolute atomic E-state index is 13.5. The van der Waals surface area contributed by atoms with Crippen molar-refractivity contribution < 1.29 is 23.4 Å². The fourth-order valence-corrected chi connectivity index (χ4v) is 3.67. The molecule has 0 saturated heterocycles. The number of hydrogen-bond donors (Lipinski definition) is 3. The van der Waals surface area contributed by atoms with Gasteiger partial charge >= 0.3 is 5.63 Å². The van der Waals surface area contributed by atoms with Gasteiger partial charge in [-0.3, -0.25) is 4.79 Å². The molecular weight excluding hydrogens is 439 g/mol. The van der Waals surface area contributed by atoms with E-state index in [0.29, 0.717) is 41.2 Å². The number of nitrogens with one attached hydrogen (secondary N) is 2. The van der Waals surface area contributed by atoms with E-state index >= 15 is 0 Å². The normalized spacial score (nSPS) is 10.8. The van der Waals surface area contributed by atoms with Crippen LogP contribution in [0.5, 0.6) is 11.5 Å². The van der Waals surface area contributed by atoms with Gasteiger partial charge in [0.05, 0.1) is 12.8 Å². The van der Waals surface area contributed by atoms with E-state index in [4.69, 9.17) is 9.15 Å². The highest BCUT2D eigenvalue weighted by atomic mass is 19.1. The molecule has 7 nitrogen and oxygen atoms in total. The Balaban J connectivity index is 1.60. The highest BCUT2D eigenvalue weighted by molar-refractivity contribution is 6.05. The van der Waals surface area contributed by atoms with Crippen LogP contribution in [0.25, 0.3) is 11.0 Å². The first-order valence-electron chi connectivity index (χ1n) is 10.7. The van der Waals surface area contributed by atoms with Crippen molar-refractivity contribution in [3.8, 4) is 11.5 Å². The van der Waals surface area contributed by atoms with Crippen molar-refractivity contribution in [1.82, 2.24) is 0 Å². The molecule has 0 atom stereocenters. The monoisotopic (exact) mass is 462 g/mol. The fourth-order valence-electron chi connectivity index (χ4n) is 3.67. The summed E-state index contributed by atoms with van der Waals surface area (Å²) < 4.78 is 24.1. The molecule has 0 unspecified atom stereocenters. The first kappa shape index (κ1) is 22.8. The lowest BCUT2D eigenvalue weighted by molar-refractivity contribution is 0.102. The number of ether oxygens (including phenoxy) is 1.